The SMILES string of the molecule is Cc1cc(C)c2cc(C3C(C#N)=C(N)Oc4c3ccc3ccccc43)c(Cl)nc2c1. The maximum Gasteiger partial charge on any atom is 0.205 e. The van der Waals surface area contributed by atoms with Gasteiger partial charge in [-0.25, -0.2) is 4.98 Å². The van der Waals surface area contributed by atoms with E-state index in [0.717, 1.165) is 43.9 Å². The van der Waals surface area contributed by atoms with Gasteiger partial charge in [0.1, 0.15) is 22.5 Å². The minimum absolute atomic E-state index is 0.100. The summed E-state index contributed by atoms with van der Waals surface area (Å²) in [5.41, 5.74) is 11.2. The van der Waals surface area contributed by atoms with Crippen molar-refractivity contribution in [3.05, 3.63) is 93.5 Å². The third kappa shape index (κ3) is 2.71. The molecule has 1 aliphatic rings. The number of hydrogen-bond acceptors (Lipinski definition) is 4. The van der Waals surface area contributed by atoms with E-state index >= 15 is 0 Å². The first-order valence-corrected chi connectivity index (χ1v) is 10.0. The summed E-state index contributed by atoms with van der Waals surface area (Å²) in [5.74, 6) is 0.308. The van der Waals surface area contributed by atoms with Gasteiger partial charge in [0, 0.05) is 21.9 Å². The molecule has 30 heavy (non-hydrogen) atoms. The molecule has 1 unspecified atom stereocenters. The molecule has 0 bridgehead atoms. The zero-order chi connectivity index (χ0) is 21.0. The van der Waals surface area contributed by atoms with Crippen molar-refractivity contribution in [2.24, 2.45) is 5.73 Å². The van der Waals surface area contributed by atoms with E-state index in [1.807, 2.05) is 55.5 Å². The number of aromatic nitrogens is 1. The summed E-state index contributed by atoms with van der Waals surface area (Å²) < 4.78 is 5.94. The lowest BCUT2D eigenvalue weighted by Crippen LogP contribution is -2.21. The van der Waals surface area contributed by atoms with Crippen molar-refractivity contribution in [2.75, 3.05) is 0 Å². The average molecular weight is 412 g/mol. The molecule has 4 aromatic rings. The van der Waals surface area contributed by atoms with Crippen molar-refractivity contribution in [1.82, 2.24) is 4.98 Å². The molecule has 0 amide bonds. The van der Waals surface area contributed by atoms with Gasteiger partial charge in [-0.1, -0.05) is 54.1 Å². The van der Waals surface area contributed by atoms with Gasteiger partial charge in [-0.3, -0.25) is 0 Å². The van der Waals surface area contributed by atoms with Crippen LogP contribution in [0.4, 0.5) is 0 Å². The van der Waals surface area contributed by atoms with E-state index < -0.39 is 5.92 Å². The summed E-state index contributed by atoms with van der Waals surface area (Å²) in [5, 5.41) is 13.2. The highest BCUT2D eigenvalue weighted by atomic mass is 35.5. The normalized spacial score (nSPS) is 15.7. The lowest BCUT2D eigenvalue weighted by atomic mass is 9.82. The number of aryl methyl sites for hydroxylation is 2. The van der Waals surface area contributed by atoms with E-state index in [4.69, 9.17) is 22.1 Å². The number of rotatable bonds is 1. The molecule has 1 aromatic heterocycles. The fraction of sp³-hybridized carbons (Fsp3) is 0.120. The molecule has 4 nitrogen and oxygen atoms in total. The molecule has 1 aliphatic heterocycles. The molecule has 5 rings (SSSR count). The Labute approximate surface area is 179 Å². The first-order valence-electron chi connectivity index (χ1n) is 9.64. The predicted molar refractivity (Wildman–Crippen MR) is 119 cm³/mol. The van der Waals surface area contributed by atoms with Crippen molar-refractivity contribution in [1.29, 1.82) is 5.26 Å². The first-order chi connectivity index (χ1) is 14.5. The zero-order valence-electron chi connectivity index (χ0n) is 16.5. The Balaban J connectivity index is 1.83. The van der Waals surface area contributed by atoms with Gasteiger partial charge in [0.25, 0.3) is 0 Å². The van der Waals surface area contributed by atoms with Crippen LogP contribution in [0.5, 0.6) is 5.75 Å². The number of ether oxygens (including phenoxy) is 1. The summed E-state index contributed by atoms with van der Waals surface area (Å²) in [4.78, 5) is 4.65. The summed E-state index contributed by atoms with van der Waals surface area (Å²) >= 11 is 6.67. The highest BCUT2D eigenvalue weighted by Crippen LogP contribution is 2.47. The van der Waals surface area contributed by atoms with Crippen molar-refractivity contribution in [2.45, 2.75) is 19.8 Å². The van der Waals surface area contributed by atoms with Crippen LogP contribution in [0.15, 0.2) is 66.1 Å². The van der Waals surface area contributed by atoms with Crippen LogP contribution in [-0.4, -0.2) is 4.98 Å². The van der Waals surface area contributed by atoms with E-state index in [0.29, 0.717) is 16.5 Å². The molecule has 0 saturated carbocycles. The number of benzene rings is 3. The fourth-order valence-corrected chi connectivity index (χ4v) is 4.59. The second-order valence-electron chi connectivity index (χ2n) is 7.65. The van der Waals surface area contributed by atoms with Crippen LogP contribution in [0.2, 0.25) is 5.15 Å². The Bertz CT molecular complexity index is 1430. The van der Waals surface area contributed by atoms with E-state index in [2.05, 4.69) is 24.0 Å². The molecular weight excluding hydrogens is 394 g/mol. The molecule has 0 saturated heterocycles. The second-order valence-corrected chi connectivity index (χ2v) is 8.00. The minimum atomic E-state index is -0.451. The van der Waals surface area contributed by atoms with Gasteiger partial charge in [-0.2, -0.15) is 5.26 Å². The lowest BCUT2D eigenvalue weighted by molar-refractivity contribution is 0.398. The third-order valence-corrected chi connectivity index (χ3v) is 5.99. The van der Waals surface area contributed by atoms with E-state index in [1.54, 1.807) is 0 Å². The van der Waals surface area contributed by atoms with Gasteiger partial charge in [-0.05, 0) is 42.5 Å². The van der Waals surface area contributed by atoms with Gasteiger partial charge in [0.05, 0.1) is 11.4 Å². The number of nitrogens with two attached hydrogens (primary N) is 1. The Kier molecular flexibility index (Phi) is 4.16. The summed E-state index contributed by atoms with van der Waals surface area (Å²) in [6.45, 7) is 4.09. The Morgan fingerprint density at radius 3 is 2.63 bits per heavy atom. The number of fused-ring (bicyclic) bond motifs is 4. The molecule has 0 aliphatic carbocycles. The maximum absolute atomic E-state index is 9.90. The Morgan fingerprint density at radius 1 is 1.03 bits per heavy atom. The molecule has 1 atom stereocenters. The smallest absolute Gasteiger partial charge is 0.205 e. The first kappa shape index (κ1) is 18.5. The van der Waals surface area contributed by atoms with Crippen LogP contribution in [0.3, 0.4) is 0 Å². The zero-order valence-corrected chi connectivity index (χ0v) is 17.3. The summed E-state index contributed by atoms with van der Waals surface area (Å²) in [6, 6.07) is 20.3. The third-order valence-electron chi connectivity index (χ3n) is 5.68. The predicted octanol–water partition coefficient (Wildman–Crippen LogP) is 5.88. The Hall–Kier alpha value is -3.55. The minimum Gasteiger partial charge on any atom is -0.440 e. The van der Waals surface area contributed by atoms with Gasteiger partial charge >= 0.3 is 0 Å². The van der Waals surface area contributed by atoms with E-state index in [-0.39, 0.29) is 5.88 Å². The molecule has 0 radical (unpaired) electrons. The number of pyridine rings is 1. The van der Waals surface area contributed by atoms with Gasteiger partial charge < -0.3 is 10.5 Å². The molecule has 0 fully saturated rings. The molecule has 146 valence electrons. The molecular formula is C25H18ClN3O. The van der Waals surface area contributed by atoms with Crippen LogP contribution in [0.1, 0.15) is 28.2 Å². The number of hydrogen-bond donors (Lipinski definition) is 1. The number of allylic oxidation sites excluding steroid dienone is 1. The van der Waals surface area contributed by atoms with Crippen LogP contribution in [0.25, 0.3) is 21.7 Å². The maximum atomic E-state index is 9.90. The summed E-state index contributed by atoms with van der Waals surface area (Å²) in [7, 11) is 0. The van der Waals surface area contributed by atoms with Crippen LogP contribution < -0.4 is 10.5 Å². The van der Waals surface area contributed by atoms with Crippen LogP contribution in [0, 0.1) is 25.2 Å². The van der Waals surface area contributed by atoms with E-state index in [9.17, 15) is 5.26 Å². The summed E-state index contributed by atoms with van der Waals surface area (Å²) in [6.07, 6.45) is 0. The molecule has 3 aromatic carbocycles. The highest BCUT2D eigenvalue weighted by Gasteiger charge is 2.33. The van der Waals surface area contributed by atoms with Gasteiger partial charge in [0.15, 0.2) is 0 Å². The quantitative estimate of drug-likeness (QED) is 0.397. The van der Waals surface area contributed by atoms with Crippen LogP contribution >= 0.6 is 11.6 Å². The van der Waals surface area contributed by atoms with Gasteiger partial charge in [0.2, 0.25) is 5.88 Å². The van der Waals surface area contributed by atoms with Crippen molar-refractivity contribution in [3.8, 4) is 11.8 Å². The largest absolute Gasteiger partial charge is 0.440 e. The van der Waals surface area contributed by atoms with Crippen molar-refractivity contribution in [3.63, 3.8) is 0 Å². The molecule has 0 spiro atoms. The fourth-order valence-electron chi connectivity index (χ4n) is 4.33. The van der Waals surface area contributed by atoms with Crippen LogP contribution in [-0.2, 0) is 0 Å². The number of nitriles is 1. The Morgan fingerprint density at radius 2 is 1.83 bits per heavy atom. The number of nitrogens with zero attached hydrogens (tertiary/aromatic N) is 2. The highest BCUT2D eigenvalue weighted by molar-refractivity contribution is 6.30. The topological polar surface area (TPSA) is 71.9 Å². The van der Waals surface area contributed by atoms with E-state index in [1.165, 1.54) is 0 Å². The standard InChI is InChI=1S/C25H18ClN3O/c1-13-9-14(2)18-11-19(24(26)29-21(18)10-13)22-17-8-7-15-5-3-4-6-16(15)23(17)30-25(28)20(22)12-27/h3-11,22H,28H2,1-2H3. The lowest BCUT2D eigenvalue weighted by Gasteiger charge is -2.28. The molecule has 2 N–H and O–H groups in total. The second kappa shape index (κ2) is 6.76. The molecule has 2 heterocycles. The van der Waals surface area contributed by atoms with Crippen molar-refractivity contribution >= 4 is 33.3 Å². The average Bonchev–Trinajstić information content (AvgIpc) is 2.72. The van der Waals surface area contributed by atoms with Crippen molar-refractivity contribution < 1.29 is 4.74 Å². The molecule has 5 heteroatoms. The monoisotopic (exact) mass is 411 g/mol. The number of halogens is 1. The van der Waals surface area contributed by atoms with Gasteiger partial charge in [-0.15, -0.1) is 0 Å².